The van der Waals surface area contributed by atoms with E-state index >= 15 is 0 Å². The molecule has 1 amide bonds. The normalized spacial score (nSPS) is 18.9. The molecule has 0 aliphatic carbocycles. The zero-order valence-electron chi connectivity index (χ0n) is 17.4. The van der Waals surface area contributed by atoms with Crippen LogP contribution in [0.25, 0.3) is 0 Å². The van der Waals surface area contributed by atoms with E-state index < -0.39 is 0 Å². The number of aromatic nitrogens is 2. The van der Waals surface area contributed by atoms with E-state index in [4.69, 9.17) is 4.74 Å². The molecule has 0 radical (unpaired) electrons. The molecule has 2 aliphatic rings. The third-order valence-corrected chi connectivity index (χ3v) is 5.99. The van der Waals surface area contributed by atoms with Gasteiger partial charge in [-0.05, 0) is 23.8 Å². The lowest BCUT2D eigenvalue weighted by molar-refractivity contribution is -0.892. The van der Waals surface area contributed by atoms with Crippen molar-refractivity contribution in [3.8, 4) is 5.75 Å². The van der Waals surface area contributed by atoms with Gasteiger partial charge < -0.3 is 14.5 Å². The van der Waals surface area contributed by atoms with E-state index in [1.165, 1.54) is 4.90 Å². The Morgan fingerprint density at radius 3 is 2.45 bits per heavy atom. The van der Waals surface area contributed by atoms with Gasteiger partial charge in [-0.25, -0.2) is 9.97 Å². The number of quaternary nitrogens is 1. The van der Waals surface area contributed by atoms with E-state index in [0.29, 0.717) is 13.2 Å². The van der Waals surface area contributed by atoms with Gasteiger partial charge in [0, 0.05) is 12.4 Å². The number of para-hydroxylation sites is 2. The van der Waals surface area contributed by atoms with Crippen molar-refractivity contribution in [2.24, 2.45) is 0 Å². The van der Waals surface area contributed by atoms with Crippen LogP contribution in [0.2, 0.25) is 0 Å². The minimum absolute atomic E-state index is 0.123. The lowest BCUT2D eigenvalue weighted by Crippen LogP contribution is -3.16. The summed E-state index contributed by atoms with van der Waals surface area (Å²) >= 11 is 0. The summed E-state index contributed by atoms with van der Waals surface area (Å²) in [5.74, 6) is 1.66. The molecule has 0 bridgehead atoms. The highest BCUT2D eigenvalue weighted by Gasteiger charge is 2.35. The van der Waals surface area contributed by atoms with Crippen LogP contribution in [0.4, 0.5) is 11.6 Å². The Morgan fingerprint density at radius 1 is 0.968 bits per heavy atom. The first-order valence-corrected chi connectivity index (χ1v) is 10.7. The summed E-state index contributed by atoms with van der Waals surface area (Å²) in [6.07, 6.45) is 3.54. The van der Waals surface area contributed by atoms with E-state index in [-0.39, 0.29) is 11.9 Å². The fourth-order valence-corrected chi connectivity index (χ4v) is 4.37. The highest BCUT2D eigenvalue weighted by Crippen LogP contribution is 2.39. The molecule has 0 spiro atoms. The first-order chi connectivity index (χ1) is 15.3. The van der Waals surface area contributed by atoms with Crippen molar-refractivity contribution in [2.75, 3.05) is 49.1 Å². The Bertz CT molecular complexity index is 1020. The van der Waals surface area contributed by atoms with Crippen molar-refractivity contribution in [3.63, 3.8) is 0 Å². The van der Waals surface area contributed by atoms with E-state index in [1.54, 1.807) is 12.4 Å². The zero-order chi connectivity index (χ0) is 21.0. The van der Waals surface area contributed by atoms with E-state index in [1.807, 2.05) is 53.4 Å². The number of anilines is 2. The monoisotopic (exact) mass is 416 g/mol. The largest absolute Gasteiger partial charge is 0.489 e. The van der Waals surface area contributed by atoms with Crippen molar-refractivity contribution in [1.82, 2.24) is 9.97 Å². The van der Waals surface area contributed by atoms with Crippen LogP contribution in [0.3, 0.4) is 0 Å². The van der Waals surface area contributed by atoms with Crippen molar-refractivity contribution < 1.29 is 14.4 Å². The SMILES string of the molecule is O=C(C[NH+]1CCN(c2ncccn2)CC1)N1c2ccccc2OC[C@H]1c1ccccc1. The summed E-state index contributed by atoms with van der Waals surface area (Å²) in [6, 6.07) is 19.7. The van der Waals surface area contributed by atoms with E-state index in [0.717, 1.165) is 49.1 Å². The van der Waals surface area contributed by atoms with Gasteiger partial charge in [-0.1, -0.05) is 42.5 Å². The maximum absolute atomic E-state index is 13.6. The van der Waals surface area contributed by atoms with Crippen LogP contribution >= 0.6 is 0 Å². The Labute approximate surface area is 181 Å². The first kappa shape index (κ1) is 19.5. The van der Waals surface area contributed by atoms with Crippen LogP contribution in [-0.4, -0.2) is 55.2 Å². The Morgan fingerprint density at radius 2 is 1.68 bits per heavy atom. The third-order valence-electron chi connectivity index (χ3n) is 5.99. The quantitative estimate of drug-likeness (QED) is 0.696. The highest BCUT2D eigenvalue weighted by molar-refractivity contribution is 5.96. The molecule has 2 aromatic carbocycles. The number of piperazine rings is 1. The first-order valence-electron chi connectivity index (χ1n) is 10.7. The predicted molar refractivity (Wildman–Crippen MR) is 118 cm³/mol. The molecule has 7 nitrogen and oxygen atoms in total. The fourth-order valence-electron chi connectivity index (χ4n) is 4.37. The lowest BCUT2D eigenvalue weighted by atomic mass is 10.0. The third kappa shape index (κ3) is 4.09. The van der Waals surface area contributed by atoms with Crippen LogP contribution in [0.1, 0.15) is 11.6 Å². The smallest absolute Gasteiger partial charge is 0.282 e. The number of hydrogen-bond donors (Lipinski definition) is 1. The van der Waals surface area contributed by atoms with Gasteiger partial charge in [0.05, 0.1) is 37.9 Å². The molecule has 1 fully saturated rings. The summed E-state index contributed by atoms with van der Waals surface area (Å²) < 4.78 is 6.00. The van der Waals surface area contributed by atoms with Crippen LogP contribution in [-0.2, 0) is 4.79 Å². The summed E-state index contributed by atoms with van der Waals surface area (Å²) in [6.45, 7) is 4.36. The number of carbonyl (C=O) groups excluding carboxylic acids is 1. The molecule has 5 rings (SSSR count). The Balaban J connectivity index is 1.32. The van der Waals surface area contributed by atoms with Crippen LogP contribution in [0.5, 0.6) is 5.75 Å². The number of hydrogen-bond acceptors (Lipinski definition) is 5. The molecule has 7 heteroatoms. The van der Waals surface area contributed by atoms with Crippen LogP contribution < -0.4 is 19.4 Å². The number of benzene rings is 2. The second-order valence-electron chi connectivity index (χ2n) is 7.93. The van der Waals surface area contributed by atoms with E-state index in [9.17, 15) is 4.79 Å². The highest BCUT2D eigenvalue weighted by atomic mass is 16.5. The number of fused-ring (bicyclic) bond motifs is 1. The van der Waals surface area contributed by atoms with Crippen molar-refractivity contribution >= 4 is 17.5 Å². The van der Waals surface area contributed by atoms with Gasteiger partial charge in [-0.3, -0.25) is 9.69 Å². The lowest BCUT2D eigenvalue weighted by Gasteiger charge is -2.38. The molecule has 3 heterocycles. The molecule has 1 atom stereocenters. The number of rotatable bonds is 4. The zero-order valence-corrected chi connectivity index (χ0v) is 17.4. The van der Waals surface area contributed by atoms with E-state index in [2.05, 4.69) is 27.0 Å². The molecule has 1 N–H and O–H groups in total. The van der Waals surface area contributed by atoms with Gasteiger partial charge >= 0.3 is 0 Å². The minimum Gasteiger partial charge on any atom is -0.489 e. The topological polar surface area (TPSA) is 63.0 Å². The van der Waals surface area contributed by atoms with Crippen molar-refractivity contribution in [1.29, 1.82) is 0 Å². The predicted octanol–water partition coefficient (Wildman–Crippen LogP) is 1.35. The number of amides is 1. The van der Waals surface area contributed by atoms with Gasteiger partial charge in [0.25, 0.3) is 5.91 Å². The van der Waals surface area contributed by atoms with Gasteiger partial charge in [-0.15, -0.1) is 0 Å². The van der Waals surface area contributed by atoms with Crippen molar-refractivity contribution in [3.05, 3.63) is 78.6 Å². The molecular weight excluding hydrogens is 390 g/mol. The Kier molecular flexibility index (Phi) is 5.50. The maximum Gasteiger partial charge on any atom is 0.282 e. The maximum atomic E-state index is 13.6. The molecule has 0 unspecified atom stereocenters. The molecule has 1 saturated heterocycles. The van der Waals surface area contributed by atoms with Gasteiger partial charge in [0.15, 0.2) is 6.54 Å². The summed E-state index contributed by atoms with van der Waals surface area (Å²) in [5, 5.41) is 0. The number of ether oxygens (including phenoxy) is 1. The molecule has 2 aliphatic heterocycles. The van der Waals surface area contributed by atoms with Gasteiger partial charge in [0.1, 0.15) is 12.4 Å². The molecule has 158 valence electrons. The Hall–Kier alpha value is -3.45. The molecular formula is C24H26N5O2+. The van der Waals surface area contributed by atoms with Gasteiger partial charge in [-0.2, -0.15) is 0 Å². The average Bonchev–Trinajstić information content (AvgIpc) is 2.85. The number of nitrogens with zero attached hydrogens (tertiary/aromatic N) is 4. The van der Waals surface area contributed by atoms with Crippen LogP contribution in [0.15, 0.2) is 73.1 Å². The summed E-state index contributed by atoms with van der Waals surface area (Å²) in [7, 11) is 0. The standard InChI is InChI=1S/C24H25N5O2/c30-23(17-27-13-15-28(16-14-27)24-25-11-6-12-26-24)29-20-9-4-5-10-22(20)31-18-21(29)19-7-2-1-3-8-19/h1-12,21H,13-18H2/p+1/t21-/m0/s1. The number of nitrogens with one attached hydrogen (secondary N) is 1. The molecule has 3 aromatic rings. The minimum atomic E-state index is -0.123. The molecule has 0 saturated carbocycles. The fraction of sp³-hybridized carbons (Fsp3) is 0.292. The van der Waals surface area contributed by atoms with Crippen molar-refractivity contribution in [2.45, 2.75) is 6.04 Å². The molecule has 31 heavy (non-hydrogen) atoms. The second-order valence-corrected chi connectivity index (χ2v) is 7.93. The van der Waals surface area contributed by atoms with Gasteiger partial charge in [0.2, 0.25) is 5.95 Å². The van der Waals surface area contributed by atoms with Crippen LogP contribution in [0, 0.1) is 0 Å². The number of carbonyl (C=O) groups is 1. The average molecular weight is 417 g/mol. The summed E-state index contributed by atoms with van der Waals surface area (Å²) in [4.78, 5) is 27.7. The second kappa shape index (κ2) is 8.73. The molecule has 1 aromatic heterocycles. The summed E-state index contributed by atoms with van der Waals surface area (Å²) in [5.41, 5.74) is 1.94.